The number of amides is 1. The van der Waals surface area contributed by atoms with Gasteiger partial charge >= 0.3 is 0 Å². The van der Waals surface area contributed by atoms with Crippen molar-refractivity contribution in [3.8, 4) is 0 Å². The molecule has 128 valence electrons. The lowest BCUT2D eigenvalue weighted by molar-refractivity contribution is -0.133. The molecule has 6 heteroatoms. The first-order chi connectivity index (χ1) is 11.5. The average molecular weight is 383 g/mol. The Bertz CT molecular complexity index is 705. The van der Waals surface area contributed by atoms with Gasteiger partial charge in [0.25, 0.3) is 0 Å². The molecule has 2 aromatic rings. The van der Waals surface area contributed by atoms with Gasteiger partial charge in [-0.2, -0.15) is 0 Å². The van der Waals surface area contributed by atoms with E-state index < -0.39 is 0 Å². The normalized spacial score (nSPS) is 17.7. The summed E-state index contributed by atoms with van der Waals surface area (Å²) in [4.78, 5) is 18.1. The van der Waals surface area contributed by atoms with Gasteiger partial charge in [-0.3, -0.25) is 9.69 Å². The van der Waals surface area contributed by atoms with Gasteiger partial charge < -0.3 is 4.90 Å². The van der Waals surface area contributed by atoms with Crippen LogP contribution in [0.5, 0.6) is 0 Å². The number of carbonyl (C=O) groups excluding carboxylic acids is 1. The van der Waals surface area contributed by atoms with Crippen molar-refractivity contribution in [2.75, 3.05) is 20.1 Å². The molecular formula is C18H20Cl2N2OS. The fourth-order valence-corrected chi connectivity index (χ4v) is 4.27. The van der Waals surface area contributed by atoms with Crippen LogP contribution in [0.4, 0.5) is 0 Å². The average Bonchev–Trinajstić information content (AvgIpc) is 3.21. The molecule has 0 radical (unpaired) electrons. The number of hydrogen-bond acceptors (Lipinski definition) is 3. The molecule has 1 atom stereocenters. The Kier molecular flexibility index (Phi) is 5.82. The van der Waals surface area contributed by atoms with Crippen LogP contribution in [0.1, 0.15) is 29.3 Å². The molecule has 24 heavy (non-hydrogen) atoms. The summed E-state index contributed by atoms with van der Waals surface area (Å²) < 4.78 is 0. The molecule has 1 aliphatic rings. The van der Waals surface area contributed by atoms with Crippen molar-refractivity contribution >= 4 is 40.4 Å². The van der Waals surface area contributed by atoms with Crippen LogP contribution in [0.2, 0.25) is 10.0 Å². The van der Waals surface area contributed by atoms with Crippen molar-refractivity contribution in [2.45, 2.75) is 25.4 Å². The largest absolute Gasteiger partial charge is 0.335 e. The molecule has 0 bridgehead atoms. The van der Waals surface area contributed by atoms with Gasteiger partial charge in [-0.25, -0.2) is 0 Å². The summed E-state index contributed by atoms with van der Waals surface area (Å²) >= 11 is 13.9. The summed E-state index contributed by atoms with van der Waals surface area (Å²) in [5.41, 5.74) is 1.07. The van der Waals surface area contributed by atoms with Crippen molar-refractivity contribution < 1.29 is 4.79 Å². The molecule has 1 saturated heterocycles. The molecule has 2 heterocycles. The van der Waals surface area contributed by atoms with Gasteiger partial charge in [0.2, 0.25) is 5.91 Å². The maximum Gasteiger partial charge on any atom is 0.237 e. The first-order valence-electron chi connectivity index (χ1n) is 8.00. The van der Waals surface area contributed by atoms with E-state index in [1.807, 2.05) is 36.2 Å². The van der Waals surface area contributed by atoms with Crippen molar-refractivity contribution in [3.05, 3.63) is 56.2 Å². The number of likely N-dealkylation sites (tertiary alicyclic amines) is 1. The van der Waals surface area contributed by atoms with Crippen molar-refractivity contribution in [3.63, 3.8) is 0 Å². The molecule has 1 aromatic heterocycles. The monoisotopic (exact) mass is 382 g/mol. The minimum Gasteiger partial charge on any atom is -0.335 e. The topological polar surface area (TPSA) is 23.6 Å². The summed E-state index contributed by atoms with van der Waals surface area (Å²) in [7, 11) is 1.99. The lowest BCUT2D eigenvalue weighted by atomic mass is 10.0. The second kappa shape index (κ2) is 7.87. The zero-order chi connectivity index (χ0) is 17.1. The summed E-state index contributed by atoms with van der Waals surface area (Å²) in [6, 6.07) is 9.90. The number of rotatable bonds is 5. The predicted molar refractivity (Wildman–Crippen MR) is 101 cm³/mol. The van der Waals surface area contributed by atoms with Gasteiger partial charge in [0.1, 0.15) is 0 Å². The first-order valence-corrected chi connectivity index (χ1v) is 9.63. The van der Waals surface area contributed by atoms with E-state index >= 15 is 0 Å². The Morgan fingerprint density at radius 1 is 1.33 bits per heavy atom. The molecule has 1 aliphatic heterocycles. The van der Waals surface area contributed by atoms with Crippen LogP contribution in [-0.2, 0) is 11.3 Å². The number of nitrogens with zero attached hydrogens (tertiary/aromatic N) is 2. The lowest BCUT2D eigenvalue weighted by Crippen LogP contribution is -2.38. The minimum absolute atomic E-state index is 0.0994. The quantitative estimate of drug-likeness (QED) is 0.737. The summed E-state index contributed by atoms with van der Waals surface area (Å²) in [6.07, 6.45) is 1.99. The maximum atomic E-state index is 12.7. The summed E-state index contributed by atoms with van der Waals surface area (Å²) in [5.74, 6) is 0.169. The predicted octanol–water partition coefficient (Wildman–Crippen LogP) is 4.85. The molecule has 1 fully saturated rings. The van der Waals surface area contributed by atoms with Crippen LogP contribution in [0.3, 0.4) is 0 Å². The lowest BCUT2D eigenvalue weighted by Gasteiger charge is -2.27. The van der Waals surface area contributed by atoms with E-state index in [0.29, 0.717) is 16.6 Å². The van der Waals surface area contributed by atoms with E-state index in [1.165, 1.54) is 4.88 Å². The number of likely N-dealkylation sites (N-methyl/N-ethyl adjacent to an activating group) is 1. The fourth-order valence-electron chi connectivity index (χ4n) is 3.18. The molecule has 0 N–H and O–H groups in total. The van der Waals surface area contributed by atoms with E-state index in [0.717, 1.165) is 31.5 Å². The summed E-state index contributed by atoms with van der Waals surface area (Å²) in [6.45, 7) is 2.03. The number of halogens is 2. The highest BCUT2D eigenvalue weighted by Gasteiger charge is 2.30. The second-order valence-electron chi connectivity index (χ2n) is 6.17. The third-order valence-corrected chi connectivity index (χ3v) is 5.91. The first kappa shape index (κ1) is 17.7. The van der Waals surface area contributed by atoms with E-state index in [2.05, 4.69) is 16.3 Å². The highest BCUT2D eigenvalue weighted by atomic mass is 35.5. The third-order valence-electron chi connectivity index (χ3n) is 4.31. The molecule has 3 nitrogen and oxygen atoms in total. The molecule has 0 saturated carbocycles. The van der Waals surface area contributed by atoms with E-state index in [1.54, 1.807) is 11.3 Å². The third kappa shape index (κ3) is 4.12. The Morgan fingerprint density at radius 2 is 2.17 bits per heavy atom. The van der Waals surface area contributed by atoms with Gasteiger partial charge in [-0.1, -0.05) is 35.3 Å². The van der Waals surface area contributed by atoms with Crippen LogP contribution in [0.25, 0.3) is 0 Å². The van der Waals surface area contributed by atoms with E-state index in [9.17, 15) is 4.79 Å². The Balaban J connectivity index is 1.65. The van der Waals surface area contributed by atoms with Crippen LogP contribution in [0.15, 0.2) is 35.7 Å². The van der Waals surface area contributed by atoms with E-state index in [-0.39, 0.29) is 11.9 Å². The molecular weight excluding hydrogens is 363 g/mol. The zero-order valence-corrected chi connectivity index (χ0v) is 15.9. The van der Waals surface area contributed by atoms with Crippen molar-refractivity contribution in [2.24, 2.45) is 0 Å². The molecule has 3 rings (SSSR count). The number of thiophene rings is 1. The van der Waals surface area contributed by atoms with Crippen LogP contribution in [-0.4, -0.2) is 35.8 Å². The molecule has 0 aliphatic carbocycles. The zero-order valence-electron chi connectivity index (χ0n) is 13.5. The molecule has 1 aromatic carbocycles. The van der Waals surface area contributed by atoms with Crippen molar-refractivity contribution in [1.29, 1.82) is 0 Å². The number of hydrogen-bond donors (Lipinski definition) is 0. The Hall–Kier alpha value is -1.07. The smallest absolute Gasteiger partial charge is 0.237 e. The Labute approximate surface area is 156 Å². The number of benzene rings is 1. The SMILES string of the molecule is CN(CC(=O)N1CCCC1c1ccc(Cl)c(Cl)c1)Cc1cccs1. The highest BCUT2D eigenvalue weighted by Crippen LogP contribution is 2.35. The standard InChI is InChI=1S/C18H20Cl2N2OS/c1-21(11-14-4-3-9-24-14)12-18(23)22-8-2-5-17(22)13-6-7-15(19)16(20)10-13/h3-4,6-7,9-10,17H,2,5,8,11-12H2,1H3. The highest BCUT2D eigenvalue weighted by molar-refractivity contribution is 7.09. The summed E-state index contributed by atoms with van der Waals surface area (Å²) in [5, 5.41) is 3.15. The molecule has 0 spiro atoms. The minimum atomic E-state index is 0.0994. The van der Waals surface area contributed by atoms with Crippen LogP contribution in [0, 0.1) is 0 Å². The van der Waals surface area contributed by atoms with Gasteiger partial charge in [-0.05, 0) is 49.0 Å². The molecule has 1 amide bonds. The molecule has 1 unspecified atom stereocenters. The van der Waals surface area contributed by atoms with Gasteiger partial charge in [0, 0.05) is 18.0 Å². The van der Waals surface area contributed by atoms with Crippen LogP contribution < -0.4 is 0 Å². The van der Waals surface area contributed by atoms with E-state index in [4.69, 9.17) is 23.2 Å². The van der Waals surface area contributed by atoms with Crippen molar-refractivity contribution in [1.82, 2.24) is 9.80 Å². The van der Waals surface area contributed by atoms with Gasteiger partial charge in [0.15, 0.2) is 0 Å². The van der Waals surface area contributed by atoms with Gasteiger partial charge in [0.05, 0.1) is 22.6 Å². The fraction of sp³-hybridized carbons (Fsp3) is 0.389. The number of carbonyl (C=O) groups is 1. The second-order valence-corrected chi connectivity index (χ2v) is 8.02. The van der Waals surface area contributed by atoms with Gasteiger partial charge in [-0.15, -0.1) is 11.3 Å². The maximum absolute atomic E-state index is 12.7. The van der Waals surface area contributed by atoms with Crippen LogP contribution >= 0.6 is 34.5 Å². The Morgan fingerprint density at radius 3 is 2.88 bits per heavy atom.